The van der Waals surface area contributed by atoms with Crippen molar-refractivity contribution in [2.24, 2.45) is 4.99 Å². The molecule has 1 aromatic heterocycles. The molecule has 0 bridgehead atoms. The Kier molecular flexibility index (Phi) is 12.3. The second kappa shape index (κ2) is 14.1. The van der Waals surface area contributed by atoms with Gasteiger partial charge in [-0.1, -0.05) is 13.0 Å². The maximum absolute atomic E-state index is 14.0. The molecular formula is C20H32FIN6O2. The first-order chi connectivity index (χ1) is 14.1. The average molecular weight is 534 g/mol. The summed E-state index contributed by atoms with van der Waals surface area (Å²) in [6.07, 6.45) is 3.40. The van der Waals surface area contributed by atoms with Crippen molar-refractivity contribution in [3.8, 4) is 5.75 Å². The predicted molar refractivity (Wildman–Crippen MR) is 126 cm³/mol. The van der Waals surface area contributed by atoms with Crippen molar-refractivity contribution in [1.29, 1.82) is 0 Å². The van der Waals surface area contributed by atoms with Gasteiger partial charge in [0.1, 0.15) is 12.2 Å². The maximum Gasteiger partial charge on any atom is 0.194 e. The molecule has 1 N–H and O–H groups in total. The second-order valence-electron chi connectivity index (χ2n) is 6.60. The highest BCUT2D eigenvalue weighted by Crippen LogP contribution is 2.18. The van der Waals surface area contributed by atoms with Gasteiger partial charge >= 0.3 is 0 Å². The molecule has 0 aliphatic rings. The standard InChI is InChI=1S/C20H31FN6O2.HI/c1-5-19-25-24-15-27(19)11-10-23-20(22-9-6-12-28-3)26(2)14-16-7-8-18(29-4)17(21)13-16;/h7-8,13,15H,5-6,9-12,14H2,1-4H3,(H,22,23);1H. The van der Waals surface area contributed by atoms with Crippen LogP contribution in [0.1, 0.15) is 24.7 Å². The van der Waals surface area contributed by atoms with Crippen LogP contribution in [0, 0.1) is 5.82 Å². The fourth-order valence-electron chi connectivity index (χ4n) is 2.89. The van der Waals surface area contributed by atoms with E-state index < -0.39 is 0 Å². The van der Waals surface area contributed by atoms with Gasteiger partial charge in [0.2, 0.25) is 0 Å². The van der Waals surface area contributed by atoms with Crippen LogP contribution in [0.5, 0.6) is 5.75 Å². The summed E-state index contributed by atoms with van der Waals surface area (Å²) < 4.78 is 26.1. The van der Waals surface area contributed by atoms with E-state index in [9.17, 15) is 4.39 Å². The molecule has 0 fully saturated rings. The number of hydrogen-bond donors (Lipinski definition) is 1. The largest absolute Gasteiger partial charge is 0.494 e. The summed E-state index contributed by atoms with van der Waals surface area (Å²) in [5.74, 6) is 1.57. The molecule has 0 radical (unpaired) electrons. The van der Waals surface area contributed by atoms with Crippen molar-refractivity contribution >= 4 is 29.9 Å². The summed E-state index contributed by atoms with van der Waals surface area (Å²) in [5, 5.41) is 11.4. The summed E-state index contributed by atoms with van der Waals surface area (Å²) in [6, 6.07) is 4.98. The zero-order chi connectivity index (χ0) is 21.1. The Morgan fingerprint density at radius 2 is 2.13 bits per heavy atom. The molecule has 0 saturated heterocycles. The third-order valence-electron chi connectivity index (χ3n) is 4.41. The summed E-state index contributed by atoms with van der Waals surface area (Å²) >= 11 is 0. The fourth-order valence-corrected chi connectivity index (χ4v) is 2.89. The SMILES string of the molecule is CCc1nncn1CCNC(=NCCCOC)N(C)Cc1ccc(OC)c(F)c1.I. The van der Waals surface area contributed by atoms with Gasteiger partial charge in [0.05, 0.1) is 7.11 Å². The molecule has 30 heavy (non-hydrogen) atoms. The van der Waals surface area contributed by atoms with E-state index in [1.54, 1.807) is 19.5 Å². The van der Waals surface area contributed by atoms with Crippen molar-refractivity contribution in [3.05, 3.63) is 41.7 Å². The average Bonchev–Trinajstić information content (AvgIpc) is 3.17. The molecule has 0 aliphatic heterocycles. The first kappa shape index (κ1) is 26.1. The Morgan fingerprint density at radius 3 is 2.80 bits per heavy atom. The molecule has 0 atom stereocenters. The number of guanidine groups is 1. The highest BCUT2D eigenvalue weighted by atomic mass is 127. The number of nitrogens with zero attached hydrogens (tertiary/aromatic N) is 5. The summed E-state index contributed by atoms with van der Waals surface area (Å²) in [5.41, 5.74) is 0.837. The van der Waals surface area contributed by atoms with Gasteiger partial charge in [-0.3, -0.25) is 4.99 Å². The van der Waals surface area contributed by atoms with Crippen molar-refractivity contribution in [2.75, 3.05) is 41.0 Å². The molecule has 0 amide bonds. The van der Waals surface area contributed by atoms with E-state index >= 15 is 0 Å². The zero-order valence-electron chi connectivity index (χ0n) is 18.1. The molecule has 2 aromatic rings. The summed E-state index contributed by atoms with van der Waals surface area (Å²) in [7, 11) is 5.07. The molecule has 0 unspecified atom stereocenters. The summed E-state index contributed by atoms with van der Waals surface area (Å²) in [4.78, 5) is 6.64. The predicted octanol–water partition coefficient (Wildman–Crippen LogP) is 2.72. The molecule has 8 nitrogen and oxygen atoms in total. The van der Waals surface area contributed by atoms with Crippen molar-refractivity contribution < 1.29 is 13.9 Å². The third kappa shape index (κ3) is 8.05. The van der Waals surface area contributed by atoms with Gasteiger partial charge in [-0.15, -0.1) is 34.2 Å². The number of rotatable bonds is 11. The number of halogens is 2. The number of nitrogens with one attached hydrogen (secondary N) is 1. The van der Waals surface area contributed by atoms with Gasteiger partial charge in [0.15, 0.2) is 17.5 Å². The van der Waals surface area contributed by atoms with Crippen LogP contribution in [-0.2, 0) is 24.2 Å². The number of hydrogen-bond acceptors (Lipinski definition) is 5. The van der Waals surface area contributed by atoms with Crippen molar-refractivity contribution in [3.63, 3.8) is 0 Å². The van der Waals surface area contributed by atoms with E-state index in [2.05, 4.69) is 27.4 Å². The molecule has 1 aromatic carbocycles. The van der Waals surface area contributed by atoms with Gasteiger partial charge in [0, 0.05) is 53.4 Å². The monoisotopic (exact) mass is 534 g/mol. The van der Waals surface area contributed by atoms with E-state index in [1.807, 2.05) is 22.6 Å². The van der Waals surface area contributed by atoms with Crippen LogP contribution >= 0.6 is 24.0 Å². The molecule has 0 aliphatic carbocycles. The Morgan fingerprint density at radius 1 is 1.33 bits per heavy atom. The Hall–Kier alpha value is -1.95. The number of aromatic nitrogens is 3. The molecule has 2 rings (SSSR count). The lowest BCUT2D eigenvalue weighted by Crippen LogP contribution is -2.40. The summed E-state index contributed by atoms with van der Waals surface area (Å²) in [6.45, 7) is 5.28. The van der Waals surface area contributed by atoms with Crippen LogP contribution in [0.2, 0.25) is 0 Å². The highest BCUT2D eigenvalue weighted by molar-refractivity contribution is 14.0. The molecular weight excluding hydrogens is 502 g/mol. The van der Waals surface area contributed by atoms with Crippen LogP contribution in [0.15, 0.2) is 29.5 Å². The van der Waals surface area contributed by atoms with E-state index in [1.165, 1.54) is 13.2 Å². The second-order valence-corrected chi connectivity index (χ2v) is 6.60. The van der Waals surface area contributed by atoms with Gasteiger partial charge < -0.3 is 24.3 Å². The van der Waals surface area contributed by atoms with E-state index in [0.29, 0.717) is 26.2 Å². The fraction of sp³-hybridized carbons (Fsp3) is 0.550. The maximum atomic E-state index is 14.0. The van der Waals surface area contributed by atoms with Crippen molar-refractivity contribution in [2.45, 2.75) is 32.9 Å². The Labute approximate surface area is 194 Å². The van der Waals surface area contributed by atoms with E-state index in [0.717, 1.165) is 36.7 Å². The van der Waals surface area contributed by atoms with E-state index in [-0.39, 0.29) is 35.5 Å². The normalized spacial score (nSPS) is 11.2. The number of aryl methyl sites for hydroxylation is 1. The molecule has 0 spiro atoms. The molecule has 1 heterocycles. The number of ether oxygens (including phenoxy) is 2. The minimum Gasteiger partial charge on any atom is -0.494 e. The van der Waals surface area contributed by atoms with Gasteiger partial charge in [0.25, 0.3) is 0 Å². The smallest absolute Gasteiger partial charge is 0.194 e. The van der Waals surface area contributed by atoms with Gasteiger partial charge in [-0.05, 0) is 24.1 Å². The first-order valence-electron chi connectivity index (χ1n) is 9.76. The Bertz CT molecular complexity index is 786. The van der Waals surface area contributed by atoms with Crippen LogP contribution in [-0.4, -0.2) is 66.6 Å². The van der Waals surface area contributed by atoms with Gasteiger partial charge in [-0.2, -0.15) is 0 Å². The molecule has 0 saturated carbocycles. The first-order valence-corrected chi connectivity index (χ1v) is 9.76. The molecule has 168 valence electrons. The van der Waals surface area contributed by atoms with Crippen molar-refractivity contribution in [1.82, 2.24) is 25.0 Å². The van der Waals surface area contributed by atoms with Crippen LogP contribution in [0.25, 0.3) is 0 Å². The number of benzene rings is 1. The lowest BCUT2D eigenvalue weighted by molar-refractivity contribution is 0.197. The lowest BCUT2D eigenvalue weighted by atomic mass is 10.2. The topological polar surface area (TPSA) is 76.8 Å². The number of methoxy groups -OCH3 is 2. The quantitative estimate of drug-likeness (QED) is 0.207. The van der Waals surface area contributed by atoms with E-state index in [4.69, 9.17) is 9.47 Å². The minimum absolute atomic E-state index is 0. The zero-order valence-corrected chi connectivity index (χ0v) is 20.4. The Balaban J connectivity index is 0.00000450. The van der Waals surface area contributed by atoms with Crippen LogP contribution < -0.4 is 10.1 Å². The van der Waals surface area contributed by atoms with Crippen LogP contribution in [0.4, 0.5) is 4.39 Å². The van der Waals surface area contributed by atoms with Crippen LogP contribution in [0.3, 0.4) is 0 Å². The number of aliphatic imine (C=N–C) groups is 1. The molecule has 10 heteroatoms. The third-order valence-corrected chi connectivity index (χ3v) is 4.41. The highest BCUT2D eigenvalue weighted by Gasteiger charge is 2.10. The lowest BCUT2D eigenvalue weighted by Gasteiger charge is -2.23. The minimum atomic E-state index is -0.371. The van der Waals surface area contributed by atoms with Gasteiger partial charge in [-0.25, -0.2) is 4.39 Å².